The molecule has 0 saturated heterocycles. The van der Waals surface area contributed by atoms with Crippen LogP contribution in [0.2, 0.25) is 0 Å². The number of nitrogens with one attached hydrogen (secondary N) is 1. The Morgan fingerprint density at radius 1 is 0.969 bits per heavy atom. The van der Waals surface area contributed by atoms with Crippen LogP contribution < -0.4 is 9.80 Å². The minimum atomic E-state index is -1.27. The van der Waals surface area contributed by atoms with Gasteiger partial charge in [0.1, 0.15) is 0 Å². The van der Waals surface area contributed by atoms with Gasteiger partial charge in [-0.3, -0.25) is 0 Å². The SMILES string of the molecule is CC(C)(C)c1ccc(-c2cccc(C(O)C(=O)Nc3ccc4c([As])nccc4c3)c2)cc1. The third-order valence-electron chi connectivity index (χ3n) is 5.55. The second-order valence-corrected chi connectivity index (χ2v) is 9.80. The minimum absolute atomic E-state index is 0.0890. The predicted molar refractivity (Wildman–Crippen MR) is 131 cm³/mol. The topological polar surface area (TPSA) is 62.2 Å². The molecular weight excluding hydrogens is 459 g/mol. The molecule has 4 rings (SSSR count). The number of hydrogen-bond donors (Lipinski definition) is 2. The van der Waals surface area contributed by atoms with Gasteiger partial charge in [-0.15, -0.1) is 0 Å². The molecule has 32 heavy (non-hydrogen) atoms. The zero-order valence-electron chi connectivity index (χ0n) is 18.3. The van der Waals surface area contributed by atoms with Gasteiger partial charge >= 0.3 is 141 Å². The number of hydrogen-bond acceptors (Lipinski definition) is 3. The van der Waals surface area contributed by atoms with Crippen LogP contribution in [0.15, 0.2) is 79.0 Å². The Kier molecular flexibility index (Phi) is 6.19. The van der Waals surface area contributed by atoms with Crippen LogP contribution in [0.5, 0.6) is 0 Å². The zero-order chi connectivity index (χ0) is 22.9. The standard InChI is InChI=1S/C27H25AsN2O2/c1-27(2,3)21-9-7-17(8-10-21)18-5-4-6-20(15-18)24(31)26(32)30-22-11-12-23-19(16-22)13-14-29-25(23)28/h4-16,24,31H,1-3H3,(H,30,32). The molecule has 0 aliphatic heterocycles. The van der Waals surface area contributed by atoms with Crippen molar-refractivity contribution in [1.29, 1.82) is 0 Å². The summed E-state index contributed by atoms with van der Waals surface area (Å²) in [5.41, 5.74) is 4.54. The first kappa shape index (κ1) is 22.3. The zero-order valence-corrected chi connectivity index (χ0v) is 20.2. The van der Waals surface area contributed by atoms with Crippen LogP contribution in [0.3, 0.4) is 0 Å². The predicted octanol–water partition coefficient (Wildman–Crippen LogP) is 4.67. The summed E-state index contributed by atoms with van der Waals surface area (Å²) < 4.78 is 0.875. The van der Waals surface area contributed by atoms with E-state index in [1.54, 1.807) is 12.3 Å². The van der Waals surface area contributed by atoms with Gasteiger partial charge in [0.15, 0.2) is 0 Å². The third-order valence-corrected chi connectivity index (χ3v) is 6.29. The number of amides is 1. The van der Waals surface area contributed by atoms with E-state index in [1.807, 2.05) is 42.5 Å². The van der Waals surface area contributed by atoms with E-state index in [2.05, 4.69) is 72.2 Å². The fourth-order valence-corrected chi connectivity index (χ4v) is 4.22. The summed E-state index contributed by atoms with van der Waals surface area (Å²) >= 11 is 2.44. The third kappa shape index (κ3) is 4.77. The number of aliphatic hydroxyl groups is 1. The van der Waals surface area contributed by atoms with E-state index in [9.17, 15) is 9.90 Å². The Hall–Kier alpha value is -2.94. The molecule has 0 saturated carbocycles. The number of anilines is 1. The number of carbonyl (C=O) groups excluding carboxylic acids is 1. The second-order valence-electron chi connectivity index (χ2n) is 8.92. The van der Waals surface area contributed by atoms with E-state index in [1.165, 1.54) is 5.56 Å². The van der Waals surface area contributed by atoms with Crippen molar-refractivity contribution in [3.63, 3.8) is 0 Å². The van der Waals surface area contributed by atoms with Gasteiger partial charge in [-0.25, -0.2) is 0 Å². The van der Waals surface area contributed by atoms with Gasteiger partial charge < -0.3 is 0 Å². The van der Waals surface area contributed by atoms with Crippen molar-refractivity contribution < 1.29 is 9.90 Å². The molecule has 2 radical (unpaired) electrons. The van der Waals surface area contributed by atoms with Crippen LogP contribution in [-0.4, -0.2) is 32.9 Å². The van der Waals surface area contributed by atoms with E-state index in [0.29, 0.717) is 11.3 Å². The van der Waals surface area contributed by atoms with Crippen LogP contribution in [0, 0.1) is 0 Å². The molecule has 160 valence electrons. The van der Waals surface area contributed by atoms with Crippen molar-refractivity contribution in [2.45, 2.75) is 32.3 Å². The fourth-order valence-electron chi connectivity index (χ4n) is 3.65. The summed E-state index contributed by atoms with van der Waals surface area (Å²) in [7, 11) is 0. The monoisotopic (exact) mass is 484 g/mol. The maximum Gasteiger partial charge on any atom is -0.0541 e. The summed E-state index contributed by atoms with van der Waals surface area (Å²) in [5.74, 6) is -0.467. The van der Waals surface area contributed by atoms with Gasteiger partial charge in [0.05, 0.1) is 0 Å². The summed E-state index contributed by atoms with van der Waals surface area (Å²) in [6, 6.07) is 23.4. The number of fused-ring (bicyclic) bond motifs is 1. The summed E-state index contributed by atoms with van der Waals surface area (Å²) in [6.45, 7) is 6.55. The van der Waals surface area contributed by atoms with Crippen LogP contribution in [0.25, 0.3) is 21.9 Å². The summed E-state index contributed by atoms with van der Waals surface area (Å²) in [5, 5.41) is 15.5. The molecule has 1 heterocycles. The Labute approximate surface area is 197 Å². The Morgan fingerprint density at radius 3 is 2.44 bits per heavy atom. The molecule has 4 aromatic rings. The maximum atomic E-state index is 12.7. The van der Waals surface area contributed by atoms with E-state index >= 15 is 0 Å². The molecule has 5 heteroatoms. The molecule has 1 atom stereocenters. The number of benzene rings is 3. The van der Waals surface area contributed by atoms with Crippen molar-refractivity contribution in [2.75, 3.05) is 5.32 Å². The van der Waals surface area contributed by atoms with Crippen molar-refractivity contribution in [1.82, 2.24) is 4.98 Å². The molecule has 0 bridgehead atoms. The molecule has 3 aromatic carbocycles. The molecule has 0 fully saturated rings. The van der Waals surface area contributed by atoms with E-state index in [0.717, 1.165) is 26.4 Å². The minimum Gasteiger partial charge on any atom is -0.0579 e. The summed E-state index contributed by atoms with van der Waals surface area (Å²) in [6.07, 6.45) is 0.464. The fraction of sp³-hybridized carbons (Fsp3) is 0.185. The average Bonchev–Trinajstić information content (AvgIpc) is 2.78. The van der Waals surface area contributed by atoms with Gasteiger partial charge in [-0.05, 0) is 11.0 Å². The second kappa shape index (κ2) is 8.89. The molecule has 1 amide bonds. The average molecular weight is 484 g/mol. The van der Waals surface area contributed by atoms with Crippen LogP contribution in [0.1, 0.15) is 38.0 Å². The van der Waals surface area contributed by atoms with Crippen molar-refractivity contribution >= 4 is 43.7 Å². The quantitative estimate of drug-likeness (QED) is 0.414. The molecule has 0 spiro atoms. The van der Waals surface area contributed by atoms with Gasteiger partial charge in [-0.2, -0.15) is 0 Å². The first-order valence-electron chi connectivity index (χ1n) is 10.5. The molecular formula is C27H25AsN2O2. The smallest absolute Gasteiger partial charge is 0.0541 e. The molecule has 4 nitrogen and oxygen atoms in total. The van der Waals surface area contributed by atoms with Crippen molar-refractivity contribution in [3.8, 4) is 11.1 Å². The Balaban J connectivity index is 1.53. The van der Waals surface area contributed by atoms with Crippen molar-refractivity contribution in [3.05, 3.63) is 90.1 Å². The summed E-state index contributed by atoms with van der Waals surface area (Å²) in [4.78, 5) is 17.0. The van der Waals surface area contributed by atoms with E-state index in [4.69, 9.17) is 0 Å². The Morgan fingerprint density at radius 2 is 1.72 bits per heavy atom. The van der Waals surface area contributed by atoms with Gasteiger partial charge in [0, 0.05) is 0 Å². The van der Waals surface area contributed by atoms with Crippen LogP contribution in [0.4, 0.5) is 5.69 Å². The molecule has 1 unspecified atom stereocenters. The van der Waals surface area contributed by atoms with Gasteiger partial charge in [0.25, 0.3) is 0 Å². The van der Waals surface area contributed by atoms with Crippen LogP contribution >= 0.6 is 0 Å². The van der Waals surface area contributed by atoms with E-state index < -0.39 is 12.0 Å². The number of carbonyl (C=O) groups is 1. The molecule has 0 aliphatic rings. The normalized spacial score (nSPS) is 12.5. The van der Waals surface area contributed by atoms with E-state index in [-0.39, 0.29) is 5.41 Å². The number of nitrogens with zero attached hydrogens (tertiary/aromatic N) is 1. The molecule has 1 aromatic heterocycles. The van der Waals surface area contributed by atoms with Crippen molar-refractivity contribution in [2.24, 2.45) is 0 Å². The number of rotatable bonds is 4. The number of aromatic nitrogens is 1. The first-order valence-corrected chi connectivity index (χ1v) is 11.4. The largest absolute Gasteiger partial charge is 0.0579 e. The maximum absolute atomic E-state index is 12.7. The number of pyridine rings is 1. The van der Waals surface area contributed by atoms with Gasteiger partial charge in [-0.1, -0.05) is 45.0 Å². The molecule has 2 N–H and O–H groups in total. The molecule has 0 aliphatic carbocycles. The number of aliphatic hydroxyl groups excluding tert-OH is 1. The Bertz CT molecular complexity index is 1280. The van der Waals surface area contributed by atoms with Crippen LogP contribution in [-0.2, 0) is 10.2 Å². The first-order chi connectivity index (χ1) is 15.2. The van der Waals surface area contributed by atoms with Gasteiger partial charge in [0.2, 0.25) is 0 Å².